The molecule has 1 aromatic heterocycles. The predicted molar refractivity (Wildman–Crippen MR) is 143 cm³/mol. The number of hydrogen-bond acceptors (Lipinski definition) is 4. The van der Waals surface area contributed by atoms with Gasteiger partial charge in [-0.05, 0) is 42.8 Å². The number of carbonyl (C=O) groups excluding carboxylic acids is 3. The first-order valence-electron chi connectivity index (χ1n) is 11.9. The van der Waals surface area contributed by atoms with Crippen LogP contribution in [0, 0.1) is 13.8 Å². The van der Waals surface area contributed by atoms with Gasteiger partial charge in [0, 0.05) is 22.0 Å². The lowest BCUT2D eigenvalue weighted by molar-refractivity contribution is -0.122. The summed E-state index contributed by atoms with van der Waals surface area (Å²) in [5, 5.41) is 10.8. The standard InChI is InChI=1S/C30H22N4O3/c1-18-24(19(2)34(32-18)27-16-8-12-21-10-4-6-14-23(21)27)17-25-28(35)31-30(37)33(29(25)36)26-15-7-11-20-9-3-5-13-22(20)26/h3-17H,1-2H3,(H,31,35,37)/b25-17+. The van der Waals surface area contributed by atoms with Gasteiger partial charge >= 0.3 is 6.03 Å². The van der Waals surface area contributed by atoms with Crippen molar-refractivity contribution in [3.05, 3.63) is 107 Å². The van der Waals surface area contributed by atoms with Crippen LogP contribution in [-0.2, 0) is 9.59 Å². The second-order valence-electron chi connectivity index (χ2n) is 8.95. The topological polar surface area (TPSA) is 84.3 Å². The number of rotatable bonds is 3. The zero-order chi connectivity index (χ0) is 25.7. The quantitative estimate of drug-likeness (QED) is 0.271. The number of amides is 4. The molecule has 0 aliphatic carbocycles. The smallest absolute Gasteiger partial charge is 0.273 e. The molecule has 1 fully saturated rings. The van der Waals surface area contributed by atoms with Crippen LogP contribution in [0.15, 0.2) is 90.5 Å². The maximum atomic E-state index is 13.6. The van der Waals surface area contributed by atoms with Gasteiger partial charge in [0.1, 0.15) is 5.57 Å². The molecule has 7 heteroatoms. The maximum absolute atomic E-state index is 13.6. The summed E-state index contributed by atoms with van der Waals surface area (Å²) in [5.41, 5.74) is 3.27. The average Bonchev–Trinajstić information content (AvgIpc) is 3.18. The lowest BCUT2D eigenvalue weighted by Crippen LogP contribution is -2.54. The van der Waals surface area contributed by atoms with Crippen LogP contribution in [0.5, 0.6) is 0 Å². The molecule has 0 saturated carbocycles. The Balaban J connectivity index is 1.46. The fraction of sp³-hybridized carbons (Fsp3) is 0.0667. The summed E-state index contributed by atoms with van der Waals surface area (Å²) < 4.78 is 1.82. The zero-order valence-corrected chi connectivity index (χ0v) is 20.2. The number of aromatic nitrogens is 2. The van der Waals surface area contributed by atoms with Crippen molar-refractivity contribution in [3.63, 3.8) is 0 Å². The van der Waals surface area contributed by atoms with E-state index in [1.807, 2.05) is 91.3 Å². The second-order valence-corrected chi connectivity index (χ2v) is 8.95. The summed E-state index contributed by atoms with van der Waals surface area (Å²) in [4.78, 5) is 40.3. The molecule has 6 rings (SSSR count). The van der Waals surface area contributed by atoms with E-state index in [1.54, 1.807) is 12.1 Å². The summed E-state index contributed by atoms with van der Waals surface area (Å²) in [6.45, 7) is 3.73. The molecule has 7 nitrogen and oxygen atoms in total. The normalized spacial score (nSPS) is 15.1. The number of aryl methyl sites for hydroxylation is 1. The van der Waals surface area contributed by atoms with Crippen LogP contribution in [-0.4, -0.2) is 27.6 Å². The van der Waals surface area contributed by atoms with Crippen LogP contribution < -0.4 is 10.2 Å². The van der Waals surface area contributed by atoms with Gasteiger partial charge in [-0.1, -0.05) is 72.8 Å². The van der Waals surface area contributed by atoms with Gasteiger partial charge in [0.2, 0.25) is 0 Å². The third kappa shape index (κ3) is 3.60. The Labute approximate surface area is 212 Å². The molecule has 4 amide bonds. The molecule has 180 valence electrons. The van der Waals surface area contributed by atoms with Crippen LogP contribution in [0.25, 0.3) is 33.3 Å². The summed E-state index contributed by atoms with van der Waals surface area (Å²) in [5.74, 6) is -1.41. The number of anilines is 1. The monoisotopic (exact) mass is 486 g/mol. The minimum Gasteiger partial charge on any atom is -0.273 e. The van der Waals surface area contributed by atoms with E-state index in [9.17, 15) is 14.4 Å². The third-order valence-electron chi connectivity index (χ3n) is 6.74. The van der Waals surface area contributed by atoms with E-state index in [0.717, 1.165) is 37.8 Å². The summed E-state index contributed by atoms with van der Waals surface area (Å²) >= 11 is 0. The van der Waals surface area contributed by atoms with Crippen LogP contribution in [0.2, 0.25) is 0 Å². The van der Waals surface area contributed by atoms with Crippen molar-refractivity contribution in [1.29, 1.82) is 0 Å². The second kappa shape index (κ2) is 8.57. The SMILES string of the molecule is Cc1nn(-c2cccc3ccccc23)c(C)c1/C=C1\C(=O)NC(=O)N(c2cccc3ccccc23)C1=O. The predicted octanol–water partition coefficient (Wildman–Crippen LogP) is 5.46. The molecule has 1 aliphatic heterocycles. The first-order valence-corrected chi connectivity index (χ1v) is 11.9. The number of urea groups is 1. The van der Waals surface area contributed by atoms with Crippen LogP contribution in [0.4, 0.5) is 10.5 Å². The molecule has 0 atom stereocenters. The van der Waals surface area contributed by atoms with Gasteiger partial charge in [0.25, 0.3) is 11.8 Å². The lowest BCUT2D eigenvalue weighted by atomic mass is 10.0. The summed E-state index contributed by atoms with van der Waals surface area (Å²) in [7, 11) is 0. The number of carbonyl (C=O) groups is 3. The van der Waals surface area contributed by atoms with Crippen molar-refractivity contribution >= 4 is 51.2 Å². The molecule has 1 saturated heterocycles. The van der Waals surface area contributed by atoms with Crippen molar-refractivity contribution in [3.8, 4) is 5.69 Å². The third-order valence-corrected chi connectivity index (χ3v) is 6.74. The highest BCUT2D eigenvalue weighted by atomic mass is 16.2. The Morgan fingerprint density at radius 2 is 1.30 bits per heavy atom. The zero-order valence-electron chi connectivity index (χ0n) is 20.2. The molecular weight excluding hydrogens is 464 g/mol. The van der Waals surface area contributed by atoms with E-state index < -0.39 is 17.8 Å². The van der Waals surface area contributed by atoms with Crippen molar-refractivity contribution < 1.29 is 14.4 Å². The van der Waals surface area contributed by atoms with Gasteiger partial charge in [0.05, 0.1) is 17.1 Å². The van der Waals surface area contributed by atoms with Crippen molar-refractivity contribution in [1.82, 2.24) is 15.1 Å². The fourth-order valence-electron chi connectivity index (χ4n) is 4.92. The number of fused-ring (bicyclic) bond motifs is 2. The van der Waals surface area contributed by atoms with E-state index in [-0.39, 0.29) is 5.57 Å². The Kier molecular flexibility index (Phi) is 5.19. The van der Waals surface area contributed by atoms with Crippen LogP contribution in [0.3, 0.4) is 0 Å². The minimum atomic E-state index is -0.775. The van der Waals surface area contributed by atoms with E-state index in [2.05, 4.69) is 5.32 Å². The van der Waals surface area contributed by atoms with Gasteiger partial charge in [0.15, 0.2) is 0 Å². The Bertz CT molecular complexity index is 1790. The number of benzene rings is 4. The van der Waals surface area contributed by atoms with Crippen molar-refractivity contribution in [2.24, 2.45) is 0 Å². The van der Waals surface area contributed by atoms with Gasteiger partial charge in [-0.25, -0.2) is 14.4 Å². The van der Waals surface area contributed by atoms with Gasteiger partial charge in [-0.3, -0.25) is 14.9 Å². The van der Waals surface area contributed by atoms with E-state index >= 15 is 0 Å². The molecule has 5 aromatic rings. The highest BCUT2D eigenvalue weighted by Gasteiger charge is 2.37. The van der Waals surface area contributed by atoms with Crippen molar-refractivity contribution in [2.45, 2.75) is 13.8 Å². The molecule has 2 heterocycles. The summed E-state index contributed by atoms with van der Waals surface area (Å²) in [6.07, 6.45) is 1.53. The first-order chi connectivity index (χ1) is 17.9. The van der Waals surface area contributed by atoms with Gasteiger partial charge in [-0.2, -0.15) is 5.10 Å². The Hall–Kier alpha value is -5.04. The van der Waals surface area contributed by atoms with Crippen LogP contribution in [0.1, 0.15) is 17.0 Å². The average molecular weight is 487 g/mol. The Morgan fingerprint density at radius 3 is 1.97 bits per heavy atom. The number of imide groups is 2. The van der Waals surface area contributed by atoms with Crippen molar-refractivity contribution in [2.75, 3.05) is 4.90 Å². The Morgan fingerprint density at radius 1 is 0.730 bits per heavy atom. The largest absolute Gasteiger partial charge is 0.335 e. The number of hydrogen-bond donors (Lipinski definition) is 1. The lowest BCUT2D eigenvalue weighted by Gasteiger charge is -2.27. The highest BCUT2D eigenvalue weighted by Crippen LogP contribution is 2.31. The molecule has 0 spiro atoms. The van der Waals surface area contributed by atoms with Crippen LogP contribution >= 0.6 is 0 Å². The first kappa shape index (κ1) is 22.4. The molecule has 0 radical (unpaired) electrons. The maximum Gasteiger partial charge on any atom is 0.335 e. The molecule has 37 heavy (non-hydrogen) atoms. The van der Waals surface area contributed by atoms with E-state index in [0.29, 0.717) is 16.9 Å². The number of nitrogens with zero attached hydrogens (tertiary/aromatic N) is 3. The fourth-order valence-corrected chi connectivity index (χ4v) is 4.92. The highest BCUT2D eigenvalue weighted by molar-refractivity contribution is 6.40. The molecule has 0 unspecified atom stereocenters. The molecule has 1 N–H and O–H groups in total. The van der Waals surface area contributed by atoms with E-state index in [1.165, 1.54) is 6.08 Å². The molecule has 1 aliphatic rings. The number of nitrogens with one attached hydrogen (secondary N) is 1. The minimum absolute atomic E-state index is 0.129. The summed E-state index contributed by atoms with van der Waals surface area (Å²) in [6, 6.07) is 26.1. The van der Waals surface area contributed by atoms with Gasteiger partial charge in [-0.15, -0.1) is 0 Å². The van der Waals surface area contributed by atoms with E-state index in [4.69, 9.17) is 5.10 Å². The molecular formula is C30H22N4O3. The number of barbiturate groups is 1. The molecule has 4 aromatic carbocycles. The molecule has 0 bridgehead atoms. The van der Waals surface area contributed by atoms with Gasteiger partial charge < -0.3 is 0 Å².